The molecule has 1 saturated carbocycles. The maximum absolute atomic E-state index is 13.0. The second kappa shape index (κ2) is 6.72. The van der Waals surface area contributed by atoms with Crippen LogP contribution in [0.4, 0.5) is 5.69 Å². The van der Waals surface area contributed by atoms with Gasteiger partial charge in [-0.05, 0) is 55.7 Å². The quantitative estimate of drug-likeness (QED) is 0.868. The van der Waals surface area contributed by atoms with Crippen LogP contribution in [-0.4, -0.2) is 46.6 Å². The Bertz CT molecular complexity index is 884. The summed E-state index contributed by atoms with van der Waals surface area (Å²) in [7, 11) is 0. The zero-order valence-electron chi connectivity index (χ0n) is 16.3. The van der Waals surface area contributed by atoms with Gasteiger partial charge in [-0.15, -0.1) is 0 Å². The van der Waals surface area contributed by atoms with E-state index in [1.807, 2.05) is 32.0 Å². The summed E-state index contributed by atoms with van der Waals surface area (Å²) in [4.78, 5) is 38.4. The summed E-state index contributed by atoms with van der Waals surface area (Å²) >= 11 is 0. The molecule has 7 nitrogen and oxygen atoms in total. The number of carbonyl (C=O) groups is 3. The molecule has 4 rings (SSSR count). The molecule has 1 N–H and O–H groups in total. The predicted molar refractivity (Wildman–Crippen MR) is 104 cm³/mol. The van der Waals surface area contributed by atoms with E-state index in [1.165, 1.54) is 5.01 Å². The summed E-state index contributed by atoms with van der Waals surface area (Å²) in [6, 6.07) is 5.84. The van der Waals surface area contributed by atoms with E-state index in [2.05, 4.69) is 5.10 Å². The number of carboxylic acid groups (broad SMARTS) is 1. The summed E-state index contributed by atoms with van der Waals surface area (Å²) in [5, 5.41) is 15.0. The van der Waals surface area contributed by atoms with E-state index < -0.39 is 5.97 Å². The summed E-state index contributed by atoms with van der Waals surface area (Å²) in [6.07, 6.45) is 2.78. The molecular formula is C21H25N3O4. The van der Waals surface area contributed by atoms with Gasteiger partial charge in [0, 0.05) is 25.9 Å². The highest BCUT2D eigenvalue weighted by molar-refractivity contribution is 6.40. The number of hydrazone groups is 1. The van der Waals surface area contributed by atoms with Crippen molar-refractivity contribution in [2.45, 2.75) is 46.0 Å². The van der Waals surface area contributed by atoms with Crippen LogP contribution in [0.5, 0.6) is 0 Å². The van der Waals surface area contributed by atoms with Crippen molar-refractivity contribution in [2.24, 2.45) is 16.4 Å². The van der Waals surface area contributed by atoms with Gasteiger partial charge in [0.15, 0.2) is 0 Å². The first-order valence-corrected chi connectivity index (χ1v) is 9.80. The van der Waals surface area contributed by atoms with Crippen LogP contribution in [0.3, 0.4) is 0 Å². The molecule has 2 amide bonds. The first-order chi connectivity index (χ1) is 13.3. The summed E-state index contributed by atoms with van der Waals surface area (Å²) in [5.41, 5.74) is 2.97. The number of aryl methyl sites for hydroxylation is 2. The Kier molecular flexibility index (Phi) is 4.48. The fraction of sp³-hybridized carbons (Fsp3) is 0.524. The molecule has 0 aromatic heterocycles. The average Bonchev–Trinajstić information content (AvgIpc) is 3.38. The summed E-state index contributed by atoms with van der Waals surface area (Å²) < 4.78 is 0. The van der Waals surface area contributed by atoms with Gasteiger partial charge in [-0.2, -0.15) is 5.10 Å². The van der Waals surface area contributed by atoms with Gasteiger partial charge in [0.2, 0.25) is 5.91 Å². The lowest BCUT2D eigenvalue weighted by Crippen LogP contribution is -2.45. The van der Waals surface area contributed by atoms with E-state index in [0.29, 0.717) is 25.2 Å². The van der Waals surface area contributed by atoms with Crippen LogP contribution in [0.1, 0.15) is 43.2 Å². The molecule has 1 unspecified atom stereocenters. The third-order valence-corrected chi connectivity index (χ3v) is 6.41. The van der Waals surface area contributed by atoms with E-state index in [1.54, 1.807) is 4.90 Å². The van der Waals surface area contributed by atoms with Gasteiger partial charge in [0.05, 0.1) is 11.6 Å². The number of carboxylic acids is 1. The number of piperidine rings is 1. The van der Waals surface area contributed by atoms with Gasteiger partial charge in [-0.3, -0.25) is 14.4 Å². The lowest BCUT2D eigenvalue weighted by Gasteiger charge is -2.34. The summed E-state index contributed by atoms with van der Waals surface area (Å²) in [5.74, 6) is -1.22. The van der Waals surface area contributed by atoms with Gasteiger partial charge in [-0.25, -0.2) is 5.01 Å². The van der Waals surface area contributed by atoms with Crippen LogP contribution < -0.4 is 5.01 Å². The SMILES string of the molecule is Cc1ccc(C)c(N2N=C(C(=O)N3CCC4(CC3)CC4C(=O)O)CCC2=O)c1. The van der Waals surface area contributed by atoms with E-state index in [9.17, 15) is 19.5 Å². The molecule has 1 aromatic carbocycles. The Morgan fingerprint density at radius 2 is 1.89 bits per heavy atom. The first kappa shape index (κ1) is 18.7. The second-order valence-corrected chi connectivity index (χ2v) is 8.29. The Labute approximate surface area is 164 Å². The van der Waals surface area contributed by atoms with E-state index >= 15 is 0 Å². The topological polar surface area (TPSA) is 90.3 Å². The van der Waals surface area contributed by atoms with Crippen LogP contribution >= 0.6 is 0 Å². The Hall–Kier alpha value is -2.70. The third kappa shape index (κ3) is 3.19. The Morgan fingerprint density at radius 3 is 2.54 bits per heavy atom. The number of rotatable bonds is 3. The smallest absolute Gasteiger partial charge is 0.307 e. The lowest BCUT2D eigenvalue weighted by molar-refractivity contribution is -0.139. The van der Waals surface area contributed by atoms with Crippen molar-refractivity contribution in [2.75, 3.05) is 18.1 Å². The minimum absolute atomic E-state index is 0.106. The number of hydrogen-bond donors (Lipinski definition) is 1. The van der Waals surface area contributed by atoms with Crippen LogP contribution in [0, 0.1) is 25.2 Å². The maximum Gasteiger partial charge on any atom is 0.307 e. The zero-order valence-corrected chi connectivity index (χ0v) is 16.3. The molecule has 1 aromatic rings. The Morgan fingerprint density at radius 1 is 1.18 bits per heavy atom. The lowest BCUT2D eigenvalue weighted by atomic mass is 9.90. The zero-order chi connectivity index (χ0) is 20.1. The van der Waals surface area contributed by atoms with Crippen molar-refractivity contribution in [3.05, 3.63) is 29.3 Å². The van der Waals surface area contributed by atoms with Gasteiger partial charge < -0.3 is 10.0 Å². The maximum atomic E-state index is 13.0. The number of hydrogen-bond acceptors (Lipinski definition) is 4. The highest BCUT2D eigenvalue weighted by atomic mass is 16.4. The molecule has 1 atom stereocenters. The molecule has 1 aliphatic carbocycles. The van der Waals surface area contributed by atoms with E-state index in [4.69, 9.17) is 0 Å². The monoisotopic (exact) mass is 383 g/mol. The fourth-order valence-corrected chi connectivity index (χ4v) is 4.43. The van der Waals surface area contributed by atoms with Crippen molar-refractivity contribution in [3.8, 4) is 0 Å². The average molecular weight is 383 g/mol. The van der Waals surface area contributed by atoms with Gasteiger partial charge in [-0.1, -0.05) is 12.1 Å². The summed E-state index contributed by atoms with van der Waals surface area (Å²) in [6.45, 7) is 4.99. The van der Waals surface area contributed by atoms with Crippen molar-refractivity contribution >= 4 is 29.2 Å². The highest BCUT2D eigenvalue weighted by Gasteiger charge is 2.59. The van der Waals surface area contributed by atoms with Crippen LogP contribution in [0.15, 0.2) is 23.3 Å². The van der Waals surface area contributed by atoms with Gasteiger partial charge in [0.1, 0.15) is 5.71 Å². The minimum Gasteiger partial charge on any atom is -0.481 e. The second-order valence-electron chi connectivity index (χ2n) is 8.29. The molecule has 2 aliphatic heterocycles. The molecule has 0 radical (unpaired) electrons. The molecule has 1 spiro atoms. The minimum atomic E-state index is -0.723. The number of anilines is 1. The molecule has 2 heterocycles. The Balaban J connectivity index is 1.49. The molecular weight excluding hydrogens is 358 g/mol. The van der Waals surface area contributed by atoms with Crippen molar-refractivity contribution in [1.82, 2.24) is 4.90 Å². The standard InChI is InChI=1S/C21H25N3O4/c1-13-3-4-14(2)17(11-13)24-18(25)6-5-16(22-24)19(26)23-9-7-21(8-10-23)12-15(21)20(27)28/h3-4,11,15H,5-10,12H2,1-2H3,(H,27,28). The molecule has 28 heavy (non-hydrogen) atoms. The highest BCUT2D eigenvalue weighted by Crippen LogP contribution is 2.59. The number of amides is 2. The van der Waals surface area contributed by atoms with Crippen molar-refractivity contribution in [1.29, 1.82) is 0 Å². The third-order valence-electron chi connectivity index (χ3n) is 6.41. The normalized spacial score (nSPS) is 23.6. The predicted octanol–water partition coefficient (Wildman–Crippen LogP) is 2.50. The van der Waals surface area contributed by atoms with Crippen LogP contribution in [-0.2, 0) is 14.4 Å². The first-order valence-electron chi connectivity index (χ1n) is 9.80. The van der Waals surface area contributed by atoms with Gasteiger partial charge in [0.25, 0.3) is 5.91 Å². The van der Waals surface area contributed by atoms with Crippen molar-refractivity contribution in [3.63, 3.8) is 0 Å². The number of aliphatic carboxylic acids is 1. The van der Waals surface area contributed by atoms with Crippen LogP contribution in [0.25, 0.3) is 0 Å². The molecule has 3 aliphatic rings. The molecule has 2 fully saturated rings. The number of likely N-dealkylation sites (tertiary alicyclic amines) is 1. The van der Waals surface area contributed by atoms with E-state index in [0.717, 1.165) is 36.1 Å². The van der Waals surface area contributed by atoms with Crippen LogP contribution in [0.2, 0.25) is 0 Å². The number of carbonyl (C=O) groups excluding carboxylic acids is 2. The van der Waals surface area contributed by atoms with Crippen molar-refractivity contribution < 1.29 is 19.5 Å². The molecule has 1 saturated heterocycles. The number of nitrogens with zero attached hydrogens (tertiary/aromatic N) is 3. The van der Waals surface area contributed by atoms with E-state index in [-0.39, 0.29) is 29.6 Å². The molecule has 7 heteroatoms. The largest absolute Gasteiger partial charge is 0.481 e. The molecule has 0 bridgehead atoms. The fourth-order valence-electron chi connectivity index (χ4n) is 4.43. The molecule has 148 valence electrons. The number of benzene rings is 1. The van der Waals surface area contributed by atoms with Gasteiger partial charge >= 0.3 is 5.97 Å².